The maximum Gasteiger partial charge on any atom is 0.0934 e. The molecule has 2 nitrogen and oxygen atoms in total. The zero-order valence-corrected chi connectivity index (χ0v) is 8.98. The van der Waals surface area contributed by atoms with E-state index in [9.17, 15) is 5.21 Å². The molecule has 1 saturated heterocycles. The zero-order valence-electron chi connectivity index (χ0n) is 8.98. The van der Waals surface area contributed by atoms with E-state index in [4.69, 9.17) is 0 Å². The predicted octanol–water partition coefficient (Wildman–Crippen LogP) is 2.67. The van der Waals surface area contributed by atoms with Gasteiger partial charge in [0, 0.05) is 12.8 Å². The normalized spacial score (nSPS) is 31.5. The molecule has 0 spiro atoms. The van der Waals surface area contributed by atoms with Gasteiger partial charge in [0.25, 0.3) is 0 Å². The van der Waals surface area contributed by atoms with Gasteiger partial charge in [0.05, 0.1) is 18.1 Å². The Labute approximate surface area is 75.7 Å². The van der Waals surface area contributed by atoms with Crippen LogP contribution in [0.4, 0.5) is 0 Å². The topological polar surface area (TPSA) is 23.1 Å². The first kappa shape index (κ1) is 10.0. The van der Waals surface area contributed by atoms with Crippen LogP contribution in [-0.2, 0) is 0 Å². The highest BCUT2D eigenvalue weighted by atomic mass is 16.6. The van der Waals surface area contributed by atoms with Crippen LogP contribution in [0, 0.1) is 5.21 Å². The molecule has 1 aliphatic heterocycles. The second-order valence-corrected chi connectivity index (χ2v) is 5.40. The Kier molecular flexibility index (Phi) is 2.05. The molecule has 0 aromatic heterocycles. The number of piperidine rings is 1. The van der Waals surface area contributed by atoms with E-state index in [2.05, 4.69) is 27.7 Å². The van der Waals surface area contributed by atoms with Crippen LogP contribution in [0.25, 0.3) is 0 Å². The molecule has 0 unspecified atom stereocenters. The van der Waals surface area contributed by atoms with Crippen molar-refractivity contribution in [2.75, 3.05) is 7.05 Å². The van der Waals surface area contributed by atoms with Crippen LogP contribution in [0.5, 0.6) is 0 Å². The van der Waals surface area contributed by atoms with Crippen LogP contribution in [-0.4, -0.2) is 22.8 Å². The summed E-state index contributed by atoms with van der Waals surface area (Å²) in [7, 11) is 1.82. The number of hydroxylamine groups is 3. The van der Waals surface area contributed by atoms with Crippen molar-refractivity contribution >= 4 is 0 Å². The minimum atomic E-state index is -0.109. The highest BCUT2D eigenvalue weighted by molar-refractivity contribution is 4.85. The van der Waals surface area contributed by atoms with Crippen molar-refractivity contribution in [2.45, 2.75) is 58.0 Å². The summed E-state index contributed by atoms with van der Waals surface area (Å²) in [6.45, 7) is 8.34. The van der Waals surface area contributed by atoms with Crippen molar-refractivity contribution in [2.24, 2.45) is 0 Å². The van der Waals surface area contributed by atoms with E-state index >= 15 is 0 Å². The van der Waals surface area contributed by atoms with E-state index in [0.29, 0.717) is 0 Å². The monoisotopic (exact) mass is 171 g/mol. The highest BCUT2D eigenvalue weighted by Crippen LogP contribution is 2.42. The molecule has 0 atom stereocenters. The van der Waals surface area contributed by atoms with Crippen LogP contribution >= 0.6 is 0 Å². The van der Waals surface area contributed by atoms with Gasteiger partial charge in [-0.15, -0.1) is 0 Å². The molecule has 0 saturated carbocycles. The number of quaternary nitrogens is 1. The van der Waals surface area contributed by atoms with Gasteiger partial charge in [0.2, 0.25) is 0 Å². The average Bonchev–Trinajstić information content (AvgIpc) is 1.83. The maximum absolute atomic E-state index is 12.4. The van der Waals surface area contributed by atoms with Crippen molar-refractivity contribution in [1.29, 1.82) is 0 Å². The fraction of sp³-hybridized carbons (Fsp3) is 1.00. The van der Waals surface area contributed by atoms with Crippen molar-refractivity contribution < 1.29 is 4.65 Å². The first-order valence-electron chi connectivity index (χ1n) is 4.78. The van der Waals surface area contributed by atoms with E-state index in [1.807, 2.05) is 7.05 Å². The molecule has 0 radical (unpaired) electrons. The minimum Gasteiger partial charge on any atom is -0.632 e. The van der Waals surface area contributed by atoms with E-state index in [0.717, 1.165) is 12.8 Å². The quantitative estimate of drug-likeness (QED) is 0.406. The average molecular weight is 171 g/mol. The lowest BCUT2D eigenvalue weighted by Gasteiger charge is -2.63. The summed E-state index contributed by atoms with van der Waals surface area (Å²) in [4.78, 5) is 0. The maximum atomic E-state index is 12.4. The third kappa shape index (κ3) is 1.17. The first-order valence-corrected chi connectivity index (χ1v) is 4.78. The predicted molar refractivity (Wildman–Crippen MR) is 51.6 cm³/mol. The number of likely N-dealkylation sites (tertiary alicyclic amines) is 1. The summed E-state index contributed by atoms with van der Waals surface area (Å²) >= 11 is 0. The molecule has 1 fully saturated rings. The fourth-order valence-corrected chi connectivity index (χ4v) is 2.20. The van der Waals surface area contributed by atoms with Crippen LogP contribution in [0.1, 0.15) is 47.0 Å². The summed E-state index contributed by atoms with van der Waals surface area (Å²) in [6, 6.07) is 0. The Morgan fingerprint density at radius 3 is 1.58 bits per heavy atom. The molecule has 1 heterocycles. The summed E-state index contributed by atoms with van der Waals surface area (Å²) in [5.74, 6) is 0. The molecule has 0 N–H and O–H groups in total. The third-order valence-corrected chi connectivity index (χ3v) is 3.89. The number of hydrogen-bond donors (Lipinski definition) is 0. The molecule has 1 aliphatic rings. The minimum absolute atomic E-state index is 0.0972. The zero-order chi connectivity index (χ0) is 9.62. The molecule has 0 amide bonds. The Balaban J connectivity index is 2.99. The van der Waals surface area contributed by atoms with E-state index in [1.54, 1.807) is 0 Å². The van der Waals surface area contributed by atoms with Crippen LogP contribution in [0.15, 0.2) is 0 Å². The Hall–Kier alpha value is -0.0800. The SMILES string of the molecule is CC1(C)CCCC(C)(C)[N+]1(C)[O-]. The van der Waals surface area contributed by atoms with E-state index < -0.39 is 0 Å². The van der Waals surface area contributed by atoms with E-state index in [1.165, 1.54) is 6.42 Å². The van der Waals surface area contributed by atoms with Gasteiger partial charge in [-0.3, -0.25) is 0 Å². The van der Waals surface area contributed by atoms with Gasteiger partial charge < -0.3 is 9.85 Å². The standard InChI is InChI=1S/C10H21NO/c1-9(2)7-6-8-10(3,4)11(9,5)12/h6-8H2,1-5H3. The third-order valence-electron chi connectivity index (χ3n) is 3.89. The highest BCUT2D eigenvalue weighted by Gasteiger charge is 2.47. The van der Waals surface area contributed by atoms with Crippen molar-refractivity contribution in [3.8, 4) is 0 Å². The molecule has 2 heteroatoms. The van der Waals surface area contributed by atoms with Crippen molar-refractivity contribution in [1.82, 2.24) is 0 Å². The molecule has 0 aliphatic carbocycles. The number of hydrogen-bond acceptors (Lipinski definition) is 1. The molecule has 0 bridgehead atoms. The van der Waals surface area contributed by atoms with Gasteiger partial charge in [0.15, 0.2) is 0 Å². The summed E-state index contributed by atoms with van der Waals surface area (Å²) in [5.41, 5.74) is -0.219. The smallest absolute Gasteiger partial charge is 0.0934 e. The van der Waals surface area contributed by atoms with Crippen LogP contribution < -0.4 is 0 Å². The number of nitrogens with zero attached hydrogens (tertiary/aromatic N) is 1. The lowest BCUT2D eigenvalue weighted by molar-refractivity contribution is -0.961. The summed E-state index contributed by atoms with van der Waals surface area (Å²) in [5, 5.41) is 12.4. The Morgan fingerprint density at radius 1 is 1.00 bits per heavy atom. The molecule has 12 heavy (non-hydrogen) atoms. The second-order valence-electron chi connectivity index (χ2n) is 5.40. The van der Waals surface area contributed by atoms with Crippen LogP contribution in [0.2, 0.25) is 0 Å². The van der Waals surface area contributed by atoms with Gasteiger partial charge in [-0.25, -0.2) is 0 Å². The fourth-order valence-electron chi connectivity index (χ4n) is 2.20. The molecule has 1 rings (SSSR count). The summed E-state index contributed by atoms with van der Waals surface area (Å²) in [6.07, 6.45) is 3.29. The second kappa shape index (κ2) is 2.46. The first-order chi connectivity index (χ1) is 5.21. The van der Waals surface area contributed by atoms with Crippen LogP contribution in [0.3, 0.4) is 0 Å². The molecule has 0 aromatic rings. The van der Waals surface area contributed by atoms with Gasteiger partial charge in [-0.05, 0) is 34.1 Å². The van der Waals surface area contributed by atoms with Gasteiger partial charge in [-0.2, -0.15) is 0 Å². The van der Waals surface area contributed by atoms with Crippen molar-refractivity contribution in [3.05, 3.63) is 5.21 Å². The Bertz CT molecular complexity index is 164. The Morgan fingerprint density at radius 2 is 1.33 bits per heavy atom. The van der Waals surface area contributed by atoms with Gasteiger partial charge >= 0.3 is 0 Å². The molecular formula is C10H21NO. The van der Waals surface area contributed by atoms with Gasteiger partial charge in [-0.1, -0.05) is 0 Å². The molecule has 72 valence electrons. The largest absolute Gasteiger partial charge is 0.632 e. The molecule has 0 aromatic carbocycles. The van der Waals surface area contributed by atoms with E-state index in [-0.39, 0.29) is 15.7 Å². The lowest BCUT2D eigenvalue weighted by atomic mass is 9.80. The molecular weight excluding hydrogens is 150 g/mol. The lowest BCUT2D eigenvalue weighted by Crippen LogP contribution is -2.67. The number of rotatable bonds is 0. The van der Waals surface area contributed by atoms with Crippen molar-refractivity contribution in [3.63, 3.8) is 0 Å². The summed E-state index contributed by atoms with van der Waals surface area (Å²) < 4.78 is -0.0972. The van der Waals surface area contributed by atoms with Gasteiger partial charge in [0.1, 0.15) is 0 Å².